The van der Waals surface area contributed by atoms with Crippen LogP contribution in [-0.2, 0) is 0 Å². The summed E-state index contributed by atoms with van der Waals surface area (Å²) < 4.78 is 0.867. The van der Waals surface area contributed by atoms with Crippen LogP contribution >= 0.6 is 31.9 Å². The molecule has 18 heavy (non-hydrogen) atoms. The minimum atomic E-state index is -0.122. The van der Waals surface area contributed by atoms with Crippen LogP contribution in [0.25, 0.3) is 0 Å². The zero-order chi connectivity index (χ0) is 13.8. The Morgan fingerprint density at radius 2 is 2.11 bits per heavy atom. The van der Waals surface area contributed by atoms with Crippen LogP contribution in [0, 0.1) is 5.41 Å². The van der Waals surface area contributed by atoms with Crippen molar-refractivity contribution < 1.29 is 4.79 Å². The largest absolute Gasteiger partial charge is 0.347 e. The van der Waals surface area contributed by atoms with Crippen LogP contribution in [0.4, 0.5) is 0 Å². The molecule has 1 atom stereocenters. The van der Waals surface area contributed by atoms with Crippen molar-refractivity contribution in [2.24, 2.45) is 5.41 Å². The third kappa shape index (κ3) is 4.69. The zero-order valence-electron chi connectivity index (χ0n) is 10.8. The van der Waals surface area contributed by atoms with Crippen molar-refractivity contribution in [1.29, 1.82) is 0 Å². The van der Waals surface area contributed by atoms with Gasteiger partial charge in [0.05, 0.1) is 0 Å². The molecule has 0 aromatic carbocycles. The van der Waals surface area contributed by atoms with E-state index in [0.29, 0.717) is 5.69 Å². The average molecular weight is 378 g/mol. The van der Waals surface area contributed by atoms with Crippen LogP contribution in [0.1, 0.15) is 37.7 Å². The summed E-state index contributed by atoms with van der Waals surface area (Å²) in [6.07, 6.45) is 2.53. The van der Waals surface area contributed by atoms with Gasteiger partial charge in [0.1, 0.15) is 5.69 Å². The van der Waals surface area contributed by atoms with Crippen molar-refractivity contribution in [3.8, 4) is 0 Å². The molecule has 0 saturated carbocycles. The summed E-state index contributed by atoms with van der Waals surface area (Å²) in [5.41, 5.74) is 0.473. The van der Waals surface area contributed by atoms with Gasteiger partial charge in [-0.15, -0.1) is 0 Å². The molecule has 1 heterocycles. The van der Waals surface area contributed by atoms with Crippen LogP contribution in [0.2, 0.25) is 0 Å². The lowest BCUT2D eigenvalue weighted by Gasteiger charge is -2.31. The summed E-state index contributed by atoms with van der Waals surface area (Å²) in [6, 6.07) is 3.65. The van der Waals surface area contributed by atoms with E-state index < -0.39 is 0 Å². The maximum absolute atomic E-state index is 12.1. The third-order valence-corrected chi connectivity index (χ3v) is 3.64. The molecular formula is C13H18Br2N2O. The fourth-order valence-electron chi connectivity index (χ4n) is 1.57. The maximum Gasteiger partial charge on any atom is 0.270 e. The second-order valence-electron chi connectivity index (χ2n) is 5.23. The Morgan fingerprint density at radius 1 is 1.44 bits per heavy atom. The molecule has 0 aliphatic heterocycles. The smallest absolute Gasteiger partial charge is 0.270 e. The van der Waals surface area contributed by atoms with Crippen LogP contribution in [0.15, 0.2) is 22.8 Å². The quantitative estimate of drug-likeness (QED) is 0.811. The van der Waals surface area contributed by atoms with E-state index in [1.54, 1.807) is 12.3 Å². The summed E-state index contributed by atoms with van der Waals surface area (Å²) >= 11 is 6.73. The Bertz CT molecular complexity index is 398. The molecule has 0 aliphatic carbocycles. The van der Waals surface area contributed by atoms with Gasteiger partial charge in [0, 0.05) is 22.0 Å². The first-order chi connectivity index (χ1) is 8.34. The molecule has 0 radical (unpaired) electrons. The number of alkyl halides is 1. The predicted molar refractivity (Wildman–Crippen MR) is 81.1 cm³/mol. The molecule has 0 bridgehead atoms. The Morgan fingerprint density at radius 3 is 2.56 bits per heavy atom. The minimum absolute atomic E-state index is 0.0266. The molecule has 5 heteroatoms. The summed E-state index contributed by atoms with van der Waals surface area (Å²) in [7, 11) is 0. The Kier molecular flexibility index (Phi) is 5.79. The first-order valence-electron chi connectivity index (χ1n) is 5.83. The number of amides is 1. The first kappa shape index (κ1) is 15.6. The second kappa shape index (κ2) is 6.66. The standard InChI is InChI=1S/C13H18Br2N2O/c1-13(2,3)11(6-7-14)17-12(18)10-5-4-9(15)8-16-10/h4-5,8,11H,6-7H2,1-3H3,(H,17,18). The van der Waals surface area contributed by atoms with Gasteiger partial charge in [-0.3, -0.25) is 4.79 Å². The van der Waals surface area contributed by atoms with E-state index in [2.05, 4.69) is 62.9 Å². The summed E-state index contributed by atoms with van der Waals surface area (Å²) in [4.78, 5) is 16.2. The molecule has 0 spiro atoms. The lowest BCUT2D eigenvalue weighted by molar-refractivity contribution is 0.0895. The molecule has 0 aliphatic rings. The molecule has 3 nitrogen and oxygen atoms in total. The predicted octanol–water partition coefficient (Wildman–Crippen LogP) is 3.77. The summed E-state index contributed by atoms with van der Waals surface area (Å²) in [5, 5.41) is 3.91. The van der Waals surface area contributed by atoms with Gasteiger partial charge in [0.15, 0.2) is 0 Å². The van der Waals surface area contributed by atoms with Gasteiger partial charge < -0.3 is 5.32 Å². The van der Waals surface area contributed by atoms with E-state index in [1.165, 1.54) is 0 Å². The average Bonchev–Trinajstić information content (AvgIpc) is 2.28. The molecule has 1 N–H and O–H groups in total. The molecule has 1 rings (SSSR count). The molecule has 1 aromatic rings. The number of hydrogen-bond donors (Lipinski definition) is 1. The number of nitrogens with zero attached hydrogens (tertiary/aromatic N) is 1. The monoisotopic (exact) mass is 376 g/mol. The van der Waals surface area contributed by atoms with Crippen LogP contribution < -0.4 is 5.32 Å². The molecule has 100 valence electrons. The van der Waals surface area contributed by atoms with Crippen molar-refractivity contribution in [2.45, 2.75) is 33.2 Å². The highest BCUT2D eigenvalue weighted by atomic mass is 79.9. The van der Waals surface area contributed by atoms with Gasteiger partial charge >= 0.3 is 0 Å². The van der Waals surface area contributed by atoms with Gasteiger partial charge in [0.2, 0.25) is 0 Å². The number of rotatable bonds is 4. The number of nitrogens with one attached hydrogen (secondary N) is 1. The number of hydrogen-bond acceptors (Lipinski definition) is 2. The van der Waals surface area contributed by atoms with Gasteiger partial charge in [-0.25, -0.2) is 4.98 Å². The normalized spacial score (nSPS) is 13.2. The van der Waals surface area contributed by atoms with E-state index in [9.17, 15) is 4.79 Å². The second-order valence-corrected chi connectivity index (χ2v) is 6.94. The minimum Gasteiger partial charge on any atom is -0.347 e. The number of carbonyl (C=O) groups is 1. The van der Waals surface area contributed by atoms with Crippen LogP contribution in [0.3, 0.4) is 0 Å². The van der Waals surface area contributed by atoms with Crippen molar-refractivity contribution in [2.75, 3.05) is 5.33 Å². The molecule has 1 amide bonds. The molecule has 0 fully saturated rings. The Labute approximate surface area is 125 Å². The van der Waals surface area contributed by atoms with Crippen molar-refractivity contribution in [3.63, 3.8) is 0 Å². The molecule has 1 aromatic heterocycles. The highest BCUT2D eigenvalue weighted by Crippen LogP contribution is 2.22. The van der Waals surface area contributed by atoms with Crippen molar-refractivity contribution in [3.05, 3.63) is 28.5 Å². The van der Waals surface area contributed by atoms with Gasteiger partial charge in [0.25, 0.3) is 5.91 Å². The van der Waals surface area contributed by atoms with E-state index in [-0.39, 0.29) is 17.4 Å². The Balaban J connectivity index is 2.75. The number of halogens is 2. The lowest BCUT2D eigenvalue weighted by atomic mass is 9.85. The van der Waals surface area contributed by atoms with Gasteiger partial charge in [-0.05, 0) is 39.9 Å². The highest BCUT2D eigenvalue weighted by Gasteiger charge is 2.26. The number of carbonyl (C=O) groups excluding carboxylic acids is 1. The summed E-state index contributed by atoms with van der Waals surface area (Å²) in [5.74, 6) is -0.122. The number of pyridine rings is 1. The number of aromatic nitrogens is 1. The molecular weight excluding hydrogens is 360 g/mol. The third-order valence-electron chi connectivity index (χ3n) is 2.71. The van der Waals surface area contributed by atoms with E-state index >= 15 is 0 Å². The first-order valence-corrected chi connectivity index (χ1v) is 7.74. The Hall–Kier alpha value is -0.420. The fourth-order valence-corrected chi connectivity index (χ4v) is 2.27. The zero-order valence-corrected chi connectivity index (χ0v) is 14.0. The lowest BCUT2D eigenvalue weighted by Crippen LogP contribution is -2.44. The van der Waals surface area contributed by atoms with Crippen molar-refractivity contribution in [1.82, 2.24) is 10.3 Å². The van der Waals surface area contributed by atoms with E-state index in [4.69, 9.17) is 0 Å². The fraction of sp³-hybridized carbons (Fsp3) is 0.538. The van der Waals surface area contributed by atoms with Gasteiger partial charge in [-0.2, -0.15) is 0 Å². The topological polar surface area (TPSA) is 42.0 Å². The van der Waals surface area contributed by atoms with Crippen molar-refractivity contribution >= 4 is 37.8 Å². The molecule has 0 saturated heterocycles. The van der Waals surface area contributed by atoms with Crippen LogP contribution in [0.5, 0.6) is 0 Å². The maximum atomic E-state index is 12.1. The highest BCUT2D eigenvalue weighted by molar-refractivity contribution is 9.10. The molecule has 1 unspecified atom stereocenters. The SMILES string of the molecule is CC(C)(C)C(CCBr)NC(=O)c1ccc(Br)cn1. The van der Waals surface area contributed by atoms with E-state index in [1.807, 2.05) is 6.07 Å². The van der Waals surface area contributed by atoms with Gasteiger partial charge in [-0.1, -0.05) is 36.7 Å². The summed E-state index contributed by atoms with van der Waals surface area (Å²) in [6.45, 7) is 6.36. The van der Waals surface area contributed by atoms with Crippen LogP contribution in [-0.4, -0.2) is 22.3 Å². The van der Waals surface area contributed by atoms with E-state index in [0.717, 1.165) is 16.2 Å².